The third-order valence-electron chi connectivity index (χ3n) is 1.65. The zero-order valence-corrected chi connectivity index (χ0v) is 6.64. The molecule has 11 heavy (non-hydrogen) atoms. The molecule has 0 aliphatic rings. The van der Waals surface area contributed by atoms with Crippen molar-refractivity contribution in [1.29, 1.82) is 0 Å². The average molecular weight is 161 g/mol. The Labute approximate surface area is 69.6 Å². The molecule has 1 heterocycles. The second kappa shape index (κ2) is 2.68. The highest BCUT2D eigenvalue weighted by Crippen LogP contribution is 2.16. The van der Waals surface area contributed by atoms with Crippen molar-refractivity contribution < 1.29 is 5.02 Å². The van der Waals surface area contributed by atoms with E-state index in [0.717, 1.165) is 18.3 Å². The number of hydrogen-bond acceptors (Lipinski definition) is 2. The molecular weight excluding hydrogens is 155 g/mol. The summed E-state index contributed by atoms with van der Waals surface area (Å²) in [5, 5.41) is 11.9. The average Bonchev–Trinajstić information content (AvgIpc) is 2.47. The van der Waals surface area contributed by atoms with Gasteiger partial charge in [0, 0.05) is 4.70 Å². The number of thiophene rings is 1. The van der Waals surface area contributed by atoms with Gasteiger partial charge in [-0.2, -0.15) is 0 Å². The van der Waals surface area contributed by atoms with E-state index in [1.165, 1.54) is 4.70 Å². The molecule has 0 aliphatic heterocycles. The van der Waals surface area contributed by atoms with Gasteiger partial charge in [0.05, 0.1) is 0 Å². The minimum atomic E-state index is 0.908. The lowest BCUT2D eigenvalue weighted by Gasteiger charge is -1.89. The summed E-state index contributed by atoms with van der Waals surface area (Å²) in [6.45, 7) is 0. The van der Waals surface area contributed by atoms with Gasteiger partial charge < -0.3 is 5.02 Å². The van der Waals surface area contributed by atoms with Crippen LogP contribution in [0.15, 0.2) is 29.6 Å². The van der Waals surface area contributed by atoms with Crippen molar-refractivity contribution in [1.82, 2.24) is 0 Å². The Kier molecular flexibility index (Phi) is 1.68. The van der Waals surface area contributed by atoms with Gasteiger partial charge in [-0.05, 0) is 22.3 Å². The standard InChI is InChI=1S/C8H6BOS/c10-9-7-5-11-8-4-2-1-3-6(7)8/h1-5,10H. The lowest BCUT2D eigenvalue weighted by atomic mass is 9.89. The fourth-order valence-corrected chi connectivity index (χ4v) is 2.01. The smallest absolute Gasteiger partial charge is 0.328 e. The third kappa shape index (κ3) is 1.06. The first-order valence-corrected chi connectivity index (χ1v) is 4.23. The minimum absolute atomic E-state index is 0.908. The molecule has 1 N–H and O–H groups in total. The number of hydrogen-bond donors (Lipinski definition) is 1. The van der Waals surface area contributed by atoms with Gasteiger partial charge in [-0.3, -0.25) is 0 Å². The molecule has 0 spiro atoms. The monoisotopic (exact) mass is 161 g/mol. The maximum Gasteiger partial charge on any atom is 0.328 e. The van der Waals surface area contributed by atoms with Crippen LogP contribution in [0.5, 0.6) is 0 Å². The molecule has 0 fully saturated rings. The van der Waals surface area contributed by atoms with E-state index in [1.54, 1.807) is 11.3 Å². The summed E-state index contributed by atoms with van der Waals surface area (Å²) < 4.78 is 1.22. The topological polar surface area (TPSA) is 20.2 Å². The normalized spacial score (nSPS) is 10.3. The van der Waals surface area contributed by atoms with Crippen molar-refractivity contribution in [2.75, 3.05) is 0 Å². The highest BCUT2D eigenvalue weighted by Gasteiger charge is 2.01. The van der Waals surface area contributed by atoms with Gasteiger partial charge in [0.1, 0.15) is 0 Å². The van der Waals surface area contributed by atoms with Crippen molar-refractivity contribution >= 4 is 34.4 Å². The summed E-state index contributed by atoms with van der Waals surface area (Å²) in [6, 6.07) is 8.03. The van der Waals surface area contributed by atoms with Crippen LogP contribution in [-0.2, 0) is 0 Å². The summed E-state index contributed by atoms with van der Waals surface area (Å²) >= 11 is 1.65. The van der Waals surface area contributed by atoms with Gasteiger partial charge in [-0.1, -0.05) is 18.2 Å². The molecule has 1 aromatic carbocycles. The molecular formula is C8H6BOS. The van der Waals surface area contributed by atoms with E-state index in [4.69, 9.17) is 5.02 Å². The first-order chi connectivity index (χ1) is 5.42. The van der Waals surface area contributed by atoms with Crippen LogP contribution in [0.2, 0.25) is 0 Å². The van der Waals surface area contributed by atoms with E-state index in [9.17, 15) is 0 Å². The zero-order chi connectivity index (χ0) is 7.68. The van der Waals surface area contributed by atoms with E-state index < -0.39 is 0 Å². The zero-order valence-electron chi connectivity index (χ0n) is 5.82. The highest BCUT2D eigenvalue weighted by molar-refractivity contribution is 7.18. The first-order valence-electron chi connectivity index (χ1n) is 3.35. The number of fused-ring (bicyclic) bond motifs is 1. The second-order valence-corrected chi connectivity index (χ2v) is 3.23. The van der Waals surface area contributed by atoms with Gasteiger partial charge in [-0.15, -0.1) is 11.3 Å². The Balaban J connectivity index is 2.76. The molecule has 0 saturated heterocycles. The maximum absolute atomic E-state index is 8.81. The van der Waals surface area contributed by atoms with Crippen molar-refractivity contribution in [2.45, 2.75) is 0 Å². The molecule has 1 radical (unpaired) electrons. The first kappa shape index (κ1) is 6.89. The van der Waals surface area contributed by atoms with Crippen LogP contribution in [0.1, 0.15) is 0 Å². The van der Waals surface area contributed by atoms with Crippen LogP contribution >= 0.6 is 11.3 Å². The summed E-state index contributed by atoms with van der Waals surface area (Å²) in [5.41, 5.74) is 0.908. The molecule has 53 valence electrons. The fourth-order valence-electron chi connectivity index (χ4n) is 1.10. The lowest BCUT2D eigenvalue weighted by Crippen LogP contribution is -2.10. The predicted octanol–water partition coefficient (Wildman–Crippen LogP) is 1.14. The minimum Gasteiger partial charge on any atom is -0.450 e. The van der Waals surface area contributed by atoms with E-state index in [1.807, 2.05) is 29.6 Å². The van der Waals surface area contributed by atoms with Crippen LogP contribution in [-0.4, -0.2) is 12.5 Å². The van der Waals surface area contributed by atoms with Crippen molar-refractivity contribution in [2.24, 2.45) is 0 Å². The Morgan fingerprint density at radius 1 is 1.27 bits per heavy atom. The highest BCUT2D eigenvalue weighted by atomic mass is 32.1. The lowest BCUT2D eigenvalue weighted by molar-refractivity contribution is 0.616. The number of benzene rings is 1. The number of rotatable bonds is 1. The Morgan fingerprint density at radius 2 is 2.09 bits per heavy atom. The van der Waals surface area contributed by atoms with Crippen LogP contribution in [0, 0.1) is 0 Å². The summed E-state index contributed by atoms with van der Waals surface area (Å²) in [7, 11) is 1.15. The van der Waals surface area contributed by atoms with Crippen LogP contribution < -0.4 is 5.46 Å². The maximum atomic E-state index is 8.81. The van der Waals surface area contributed by atoms with E-state index in [0.29, 0.717) is 0 Å². The van der Waals surface area contributed by atoms with Gasteiger partial charge >= 0.3 is 7.48 Å². The molecule has 3 heteroatoms. The third-order valence-corrected chi connectivity index (χ3v) is 2.63. The Hall–Kier alpha value is -0.795. The fraction of sp³-hybridized carbons (Fsp3) is 0. The SMILES string of the molecule is O[B]c1csc2ccccc12. The second-order valence-electron chi connectivity index (χ2n) is 2.32. The van der Waals surface area contributed by atoms with E-state index >= 15 is 0 Å². The molecule has 0 unspecified atom stereocenters. The molecule has 2 rings (SSSR count). The molecule has 0 amide bonds. The van der Waals surface area contributed by atoms with Crippen molar-refractivity contribution in [3.8, 4) is 0 Å². The molecule has 0 aliphatic carbocycles. The molecule has 2 aromatic rings. The molecule has 1 aromatic heterocycles. The van der Waals surface area contributed by atoms with Gasteiger partial charge in [-0.25, -0.2) is 0 Å². The van der Waals surface area contributed by atoms with Gasteiger partial charge in [0.15, 0.2) is 0 Å². The van der Waals surface area contributed by atoms with E-state index in [2.05, 4.69) is 0 Å². The van der Waals surface area contributed by atoms with Gasteiger partial charge in [0.2, 0.25) is 0 Å². The molecule has 1 nitrogen and oxygen atoms in total. The van der Waals surface area contributed by atoms with Crippen LogP contribution in [0.25, 0.3) is 10.1 Å². The summed E-state index contributed by atoms with van der Waals surface area (Å²) in [6.07, 6.45) is 0. The summed E-state index contributed by atoms with van der Waals surface area (Å²) in [4.78, 5) is 0. The van der Waals surface area contributed by atoms with Gasteiger partial charge in [0.25, 0.3) is 0 Å². The molecule has 0 saturated carbocycles. The van der Waals surface area contributed by atoms with Crippen molar-refractivity contribution in [3.63, 3.8) is 0 Å². The van der Waals surface area contributed by atoms with E-state index in [-0.39, 0.29) is 0 Å². The quantitative estimate of drug-likeness (QED) is 0.621. The molecule has 0 atom stereocenters. The predicted molar refractivity (Wildman–Crippen MR) is 49.4 cm³/mol. The summed E-state index contributed by atoms with van der Waals surface area (Å²) in [5.74, 6) is 0. The Morgan fingerprint density at radius 3 is 2.91 bits per heavy atom. The largest absolute Gasteiger partial charge is 0.450 e. The van der Waals surface area contributed by atoms with Crippen molar-refractivity contribution in [3.05, 3.63) is 29.6 Å². The van der Waals surface area contributed by atoms with Crippen LogP contribution in [0.3, 0.4) is 0 Å². The van der Waals surface area contributed by atoms with Crippen LogP contribution in [0.4, 0.5) is 0 Å². The molecule has 0 bridgehead atoms. The Bertz CT molecular complexity index is 369.